The molecule has 2 aromatic carbocycles. The lowest BCUT2D eigenvalue weighted by molar-refractivity contribution is -0.138. The fourth-order valence-corrected chi connectivity index (χ4v) is 2.38. The average molecular weight is 354 g/mol. The molecule has 0 saturated heterocycles. The zero-order valence-electron chi connectivity index (χ0n) is 13.2. The number of thiocarbonyl (C=S) groups is 1. The van der Waals surface area contributed by atoms with E-state index in [9.17, 15) is 13.2 Å². The third kappa shape index (κ3) is 4.61. The van der Waals surface area contributed by atoms with Gasteiger partial charge < -0.3 is 15.4 Å². The largest absolute Gasteiger partial charge is 0.497 e. The van der Waals surface area contributed by atoms with Gasteiger partial charge in [0.05, 0.1) is 12.7 Å². The molecular formula is C17H17F3N2OS. The van der Waals surface area contributed by atoms with Crippen molar-refractivity contribution < 1.29 is 17.9 Å². The summed E-state index contributed by atoms with van der Waals surface area (Å²) in [5.74, 6) is 0.719. The van der Waals surface area contributed by atoms with Crippen molar-refractivity contribution >= 4 is 23.0 Å². The number of halogens is 3. The summed E-state index contributed by atoms with van der Waals surface area (Å²) in [4.78, 5) is 0. The third-order valence-corrected chi connectivity index (χ3v) is 3.69. The Morgan fingerprint density at radius 2 is 1.88 bits per heavy atom. The number of ether oxygens (including phenoxy) is 1. The zero-order chi connectivity index (χ0) is 17.7. The van der Waals surface area contributed by atoms with Crippen molar-refractivity contribution in [3.63, 3.8) is 0 Å². The quantitative estimate of drug-likeness (QED) is 0.792. The second-order valence-electron chi connectivity index (χ2n) is 5.14. The molecule has 0 heterocycles. The molecule has 0 atom stereocenters. The summed E-state index contributed by atoms with van der Waals surface area (Å²) in [6.07, 6.45) is -4.39. The highest BCUT2D eigenvalue weighted by atomic mass is 32.1. The van der Waals surface area contributed by atoms with Crippen molar-refractivity contribution in [2.45, 2.75) is 19.6 Å². The summed E-state index contributed by atoms with van der Waals surface area (Å²) in [6, 6.07) is 10.8. The fraction of sp³-hybridized carbons (Fsp3) is 0.235. The molecule has 0 unspecified atom stereocenters. The van der Waals surface area contributed by atoms with Crippen LogP contribution < -0.4 is 15.4 Å². The van der Waals surface area contributed by atoms with Gasteiger partial charge in [0.2, 0.25) is 0 Å². The molecule has 0 spiro atoms. The first-order valence-corrected chi connectivity index (χ1v) is 7.56. The van der Waals surface area contributed by atoms with Gasteiger partial charge in [0, 0.05) is 12.2 Å². The number of aryl methyl sites for hydroxylation is 1. The third-order valence-electron chi connectivity index (χ3n) is 3.44. The molecule has 0 amide bonds. The minimum atomic E-state index is -4.39. The SMILES string of the molecule is COc1ccc(NC(=S)NCc2ccccc2C(F)(F)F)c(C)c1. The van der Waals surface area contributed by atoms with Gasteiger partial charge >= 0.3 is 6.18 Å². The Hall–Kier alpha value is -2.28. The maximum atomic E-state index is 13.0. The van der Waals surface area contributed by atoms with E-state index in [0.29, 0.717) is 0 Å². The molecule has 3 nitrogen and oxygen atoms in total. The van der Waals surface area contributed by atoms with Crippen LogP contribution in [0, 0.1) is 6.92 Å². The Morgan fingerprint density at radius 3 is 2.50 bits per heavy atom. The summed E-state index contributed by atoms with van der Waals surface area (Å²) in [6.45, 7) is 1.86. The Morgan fingerprint density at radius 1 is 1.17 bits per heavy atom. The molecule has 0 aliphatic rings. The highest BCUT2D eigenvalue weighted by Crippen LogP contribution is 2.31. The predicted octanol–water partition coefficient (Wildman–Crippen LogP) is 4.51. The Labute approximate surface area is 143 Å². The maximum Gasteiger partial charge on any atom is 0.416 e. The topological polar surface area (TPSA) is 33.3 Å². The van der Waals surface area contributed by atoms with Crippen LogP contribution in [0.25, 0.3) is 0 Å². The molecule has 0 aliphatic carbocycles. The Bertz CT molecular complexity index is 732. The van der Waals surface area contributed by atoms with Crippen LogP contribution in [0.5, 0.6) is 5.75 Å². The van der Waals surface area contributed by atoms with Crippen molar-refractivity contribution in [1.82, 2.24) is 5.32 Å². The highest BCUT2D eigenvalue weighted by Gasteiger charge is 2.32. The van der Waals surface area contributed by atoms with Gasteiger partial charge in [0.1, 0.15) is 5.75 Å². The van der Waals surface area contributed by atoms with E-state index in [1.54, 1.807) is 25.3 Å². The molecule has 7 heteroatoms. The van der Waals surface area contributed by atoms with Crippen molar-refractivity contribution in [3.8, 4) is 5.75 Å². The van der Waals surface area contributed by atoms with E-state index in [1.807, 2.05) is 13.0 Å². The number of alkyl halides is 3. The summed E-state index contributed by atoms with van der Waals surface area (Å²) in [5, 5.41) is 6.03. The van der Waals surface area contributed by atoms with E-state index in [1.165, 1.54) is 12.1 Å². The molecule has 0 aromatic heterocycles. The molecule has 0 aliphatic heterocycles. The lowest BCUT2D eigenvalue weighted by Gasteiger charge is -2.16. The van der Waals surface area contributed by atoms with Gasteiger partial charge in [-0.25, -0.2) is 0 Å². The van der Waals surface area contributed by atoms with Crippen LogP contribution in [0.1, 0.15) is 16.7 Å². The standard InChI is InChI=1S/C17H17F3N2OS/c1-11-9-13(23-2)7-8-15(11)22-16(24)21-10-12-5-3-4-6-14(12)17(18,19)20/h3-9H,10H2,1-2H3,(H2,21,22,24). The molecule has 128 valence electrons. The fourth-order valence-electron chi connectivity index (χ4n) is 2.20. The van der Waals surface area contributed by atoms with Crippen molar-refractivity contribution in [2.75, 3.05) is 12.4 Å². The number of nitrogens with one attached hydrogen (secondary N) is 2. The molecule has 24 heavy (non-hydrogen) atoms. The van der Waals surface area contributed by atoms with Crippen LogP contribution >= 0.6 is 12.2 Å². The van der Waals surface area contributed by atoms with Crippen molar-refractivity contribution in [2.24, 2.45) is 0 Å². The normalized spacial score (nSPS) is 11.0. The number of hydrogen-bond acceptors (Lipinski definition) is 2. The van der Waals surface area contributed by atoms with E-state index in [4.69, 9.17) is 17.0 Å². The minimum Gasteiger partial charge on any atom is -0.497 e. The van der Waals surface area contributed by atoms with Crippen LogP contribution in [0.4, 0.5) is 18.9 Å². The van der Waals surface area contributed by atoms with Crippen LogP contribution in [0.15, 0.2) is 42.5 Å². The van der Waals surface area contributed by atoms with E-state index in [0.717, 1.165) is 23.1 Å². The molecule has 2 rings (SSSR count). The van der Waals surface area contributed by atoms with Gasteiger partial charge in [-0.2, -0.15) is 13.2 Å². The zero-order valence-corrected chi connectivity index (χ0v) is 14.0. The second-order valence-corrected chi connectivity index (χ2v) is 5.55. The summed E-state index contributed by atoms with van der Waals surface area (Å²) in [5.41, 5.74) is 1.15. The van der Waals surface area contributed by atoms with Gasteiger partial charge in [-0.3, -0.25) is 0 Å². The van der Waals surface area contributed by atoms with Gasteiger partial charge in [-0.15, -0.1) is 0 Å². The predicted molar refractivity (Wildman–Crippen MR) is 92.2 cm³/mol. The smallest absolute Gasteiger partial charge is 0.416 e. The van der Waals surface area contributed by atoms with Gasteiger partial charge in [0.15, 0.2) is 5.11 Å². The summed E-state index contributed by atoms with van der Waals surface area (Å²) in [7, 11) is 1.58. The molecular weight excluding hydrogens is 337 g/mol. The van der Waals surface area contributed by atoms with Gasteiger partial charge in [-0.1, -0.05) is 18.2 Å². The van der Waals surface area contributed by atoms with Crippen LogP contribution in [0.3, 0.4) is 0 Å². The van der Waals surface area contributed by atoms with Gasteiger partial charge in [0.25, 0.3) is 0 Å². The maximum absolute atomic E-state index is 13.0. The first-order chi connectivity index (χ1) is 11.3. The number of benzene rings is 2. The number of hydrogen-bond donors (Lipinski definition) is 2. The lowest BCUT2D eigenvalue weighted by atomic mass is 10.1. The lowest BCUT2D eigenvalue weighted by Crippen LogP contribution is -2.29. The Balaban J connectivity index is 2.02. The van der Waals surface area contributed by atoms with E-state index in [-0.39, 0.29) is 17.2 Å². The van der Waals surface area contributed by atoms with Crippen molar-refractivity contribution in [3.05, 3.63) is 59.2 Å². The Kier molecular flexibility index (Phi) is 5.66. The number of rotatable bonds is 4. The van der Waals surface area contributed by atoms with Crippen LogP contribution in [-0.4, -0.2) is 12.2 Å². The number of methoxy groups -OCH3 is 1. The summed E-state index contributed by atoms with van der Waals surface area (Å²) >= 11 is 5.16. The van der Waals surface area contributed by atoms with E-state index >= 15 is 0 Å². The highest BCUT2D eigenvalue weighted by molar-refractivity contribution is 7.80. The number of anilines is 1. The molecule has 0 bridgehead atoms. The first-order valence-electron chi connectivity index (χ1n) is 7.16. The van der Waals surface area contributed by atoms with E-state index < -0.39 is 11.7 Å². The summed E-state index contributed by atoms with van der Waals surface area (Å²) < 4.78 is 44.0. The monoisotopic (exact) mass is 354 g/mol. The molecule has 2 N–H and O–H groups in total. The molecule has 0 saturated carbocycles. The van der Waals surface area contributed by atoms with Crippen LogP contribution in [0.2, 0.25) is 0 Å². The molecule has 0 fully saturated rings. The van der Waals surface area contributed by atoms with Gasteiger partial charge in [-0.05, 0) is 54.5 Å². The second kappa shape index (κ2) is 7.53. The average Bonchev–Trinajstić information content (AvgIpc) is 2.54. The molecule has 0 radical (unpaired) electrons. The van der Waals surface area contributed by atoms with Crippen molar-refractivity contribution in [1.29, 1.82) is 0 Å². The van der Waals surface area contributed by atoms with E-state index in [2.05, 4.69) is 10.6 Å². The minimum absolute atomic E-state index is 0.0171. The molecule has 2 aromatic rings. The van der Waals surface area contributed by atoms with Crippen LogP contribution in [-0.2, 0) is 12.7 Å². The first kappa shape index (κ1) is 18.1.